The molecule has 1 fully saturated rings. The number of nitrogens with one attached hydrogen (secondary N) is 1. The number of benzene rings is 2. The average molecular weight is 393 g/mol. The summed E-state index contributed by atoms with van der Waals surface area (Å²) in [6.07, 6.45) is 4.13. The summed E-state index contributed by atoms with van der Waals surface area (Å²) >= 11 is 1.48. The number of nitrogen functional groups attached to an aromatic ring is 1. The second kappa shape index (κ2) is 6.53. The summed E-state index contributed by atoms with van der Waals surface area (Å²) < 4.78 is 10.8. The Morgan fingerprint density at radius 3 is 2.82 bits per heavy atom. The van der Waals surface area contributed by atoms with Crippen molar-refractivity contribution in [1.29, 1.82) is 0 Å². The van der Waals surface area contributed by atoms with Crippen LogP contribution < -0.4 is 20.5 Å². The highest BCUT2D eigenvalue weighted by Gasteiger charge is 2.52. The molecular formula is C21H19N3O3S. The Bertz CT molecular complexity index is 1060. The van der Waals surface area contributed by atoms with Gasteiger partial charge in [0.2, 0.25) is 12.7 Å². The third kappa shape index (κ3) is 2.97. The number of rotatable bonds is 5. The first kappa shape index (κ1) is 17.1. The number of hydrogen-bond donors (Lipinski definition) is 2. The summed E-state index contributed by atoms with van der Waals surface area (Å²) in [4.78, 5) is 18.4. The van der Waals surface area contributed by atoms with Gasteiger partial charge in [-0.05, 0) is 42.2 Å². The molecule has 5 rings (SSSR count). The number of nitrogens with zero attached hydrogens (tertiary/aromatic N) is 1. The van der Waals surface area contributed by atoms with Gasteiger partial charge in [0.15, 0.2) is 16.6 Å². The van der Waals surface area contributed by atoms with Crippen LogP contribution in [0.1, 0.15) is 28.8 Å². The topological polar surface area (TPSA) is 86.5 Å². The molecule has 0 saturated heterocycles. The largest absolute Gasteiger partial charge is 0.454 e. The molecule has 0 spiro atoms. The number of amides is 1. The van der Waals surface area contributed by atoms with E-state index in [0.717, 1.165) is 40.3 Å². The lowest BCUT2D eigenvalue weighted by Gasteiger charge is -2.15. The van der Waals surface area contributed by atoms with Crippen molar-refractivity contribution in [3.63, 3.8) is 0 Å². The molecule has 7 heteroatoms. The zero-order valence-electron chi connectivity index (χ0n) is 15.1. The van der Waals surface area contributed by atoms with E-state index in [9.17, 15) is 4.79 Å². The Balaban J connectivity index is 1.31. The molecule has 0 atom stereocenters. The molecule has 28 heavy (non-hydrogen) atoms. The zero-order chi connectivity index (χ0) is 19.1. The zero-order valence-corrected chi connectivity index (χ0v) is 15.9. The molecular weight excluding hydrogens is 374 g/mol. The summed E-state index contributed by atoms with van der Waals surface area (Å²) in [6, 6.07) is 13.5. The van der Waals surface area contributed by atoms with Crippen LogP contribution in [0.15, 0.2) is 48.7 Å². The van der Waals surface area contributed by atoms with Crippen LogP contribution in [0.4, 0.5) is 10.8 Å². The number of anilines is 2. The number of para-hydroxylation sites is 1. The van der Waals surface area contributed by atoms with Crippen LogP contribution in [0, 0.1) is 0 Å². The van der Waals surface area contributed by atoms with E-state index in [1.807, 2.05) is 42.5 Å². The fourth-order valence-corrected chi connectivity index (χ4v) is 4.34. The molecule has 3 aromatic rings. The predicted octanol–water partition coefficient (Wildman–Crippen LogP) is 3.72. The van der Waals surface area contributed by atoms with Gasteiger partial charge in [0.25, 0.3) is 0 Å². The quantitative estimate of drug-likeness (QED) is 0.645. The van der Waals surface area contributed by atoms with E-state index in [-0.39, 0.29) is 12.7 Å². The van der Waals surface area contributed by atoms with Crippen LogP contribution in [0.5, 0.6) is 11.5 Å². The molecule has 0 radical (unpaired) electrons. The number of thiazole rings is 1. The fraction of sp³-hybridized carbons (Fsp3) is 0.238. The Hall–Kier alpha value is -3.06. The molecule has 1 amide bonds. The highest BCUT2D eigenvalue weighted by Crippen LogP contribution is 2.51. The van der Waals surface area contributed by atoms with Crippen molar-refractivity contribution in [3.05, 3.63) is 64.7 Å². The minimum Gasteiger partial charge on any atom is -0.454 e. The Morgan fingerprint density at radius 1 is 1.18 bits per heavy atom. The standard InChI is InChI=1S/C21H19N3O3S/c22-16-4-2-1-3-13(16)9-15-11-23-20(28-15)24-19(25)21(7-8-21)14-5-6-17-18(10-14)27-12-26-17/h1-6,10-11H,7-9,12,22H2,(H,23,24,25). The van der Waals surface area contributed by atoms with Crippen molar-refractivity contribution in [1.82, 2.24) is 4.98 Å². The van der Waals surface area contributed by atoms with E-state index in [4.69, 9.17) is 15.2 Å². The smallest absolute Gasteiger partial charge is 0.236 e. The summed E-state index contributed by atoms with van der Waals surface area (Å²) in [5.41, 5.74) is 8.30. The number of hydrogen-bond acceptors (Lipinski definition) is 6. The Morgan fingerprint density at radius 2 is 2.00 bits per heavy atom. The van der Waals surface area contributed by atoms with E-state index in [2.05, 4.69) is 10.3 Å². The van der Waals surface area contributed by atoms with E-state index >= 15 is 0 Å². The fourth-order valence-electron chi connectivity index (χ4n) is 3.51. The van der Waals surface area contributed by atoms with Gasteiger partial charge in [0.1, 0.15) is 0 Å². The van der Waals surface area contributed by atoms with Gasteiger partial charge in [-0.1, -0.05) is 24.3 Å². The van der Waals surface area contributed by atoms with Gasteiger partial charge in [0.05, 0.1) is 5.41 Å². The van der Waals surface area contributed by atoms with Crippen LogP contribution in [0.25, 0.3) is 0 Å². The molecule has 2 heterocycles. The van der Waals surface area contributed by atoms with E-state index in [1.54, 1.807) is 6.20 Å². The summed E-state index contributed by atoms with van der Waals surface area (Å²) in [7, 11) is 0. The van der Waals surface area contributed by atoms with E-state index in [1.165, 1.54) is 11.3 Å². The summed E-state index contributed by atoms with van der Waals surface area (Å²) in [5.74, 6) is 1.41. The SMILES string of the molecule is Nc1ccccc1Cc1cnc(NC(=O)C2(c3ccc4c(c3)OCO4)CC2)s1. The number of aromatic nitrogens is 1. The predicted molar refractivity (Wildman–Crippen MR) is 108 cm³/mol. The lowest BCUT2D eigenvalue weighted by atomic mass is 9.94. The van der Waals surface area contributed by atoms with Gasteiger partial charge < -0.3 is 20.5 Å². The van der Waals surface area contributed by atoms with Crippen LogP contribution in [-0.2, 0) is 16.6 Å². The number of ether oxygens (including phenoxy) is 2. The number of carbonyl (C=O) groups excluding carboxylic acids is 1. The van der Waals surface area contributed by atoms with Gasteiger partial charge >= 0.3 is 0 Å². The maximum Gasteiger partial charge on any atom is 0.236 e. The molecule has 1 saturated carbocycles. The maximum absolute atomic E-state index is 13.0. The molecule has 1 aliphatic heterocycles. The lowest BCUT2D eigenvalue weighted by Crippen LogP contribution is -2.27. The van der Waals surface area contributed by atoms with Gasteiger partial charge in [-0.25, -0.2) is 4.98 Å². The first-order chi connectivity index (χ1) is 13.6. The molecule has 0 unspecified atom stereocenters. The molecule has 1 aromatic heterocycles. The number of carbonyl (C=O) groups is 1. The third-order valence-electron chi connectivity index (χ3n) is 5.30. The third-order valence-corrected chi connectivity index (χ3v) is 6.22. The molecule has 2 aliphatic rings. The first-order valence-corrected chi connectivity index (χ1v) is 9.95. The van der Waals surface area contributed by atoms with Gasteiger partial charge in [-0.15, -0.1) is 11.3 Å². The first-order valence-electron chi connectivity index (χ1n) is 9.14. The van der Waals surface area contributed by atoms with Gasteiger partial charge in [-0.2, -0.15) is 0 Å². The summed E-state index contributed by atoms with van der Waals surface area (Å²) in [6.45, 7) is 0.228. The summed E-state index contributed by atoms with van der Waals surface area (Å²) in [5, 5.41) is 3.61. The van der Waals surface area contributed by atoms with Crippen molar-refractivity contribution in [2.75, 3.05) is 17.8 Å². The van der Waals surface area contributed by atoms with Crippen LogP contribution in [0.3, 0.4) is 0 Å². The van der Waals surface area contributed by atoms with Crippen molar-refractivity contribution in [2.45, 2.75) is 24.7 Å². The highest BCUT2D eigenvalue weighted by atomic mass is 32.1. The molecule has 3 N–H and O–H groups in total. The minimum atomic E-state index is -0.503. The van der Waals surface area contributed by atoms with Crippen molar-refractivity contribution >= 4 is 28.1 Å². The normalized spacial score (nSPS) is 16.0. The minimum absolute atomic E-state index is 0.0218. The van der Waals surface area contributed by atoms with Gasteiger partial charge in [-0.3, -0.25) is 4.79 Å². The van der Waals surface area contributed by atoms with Crippen molar-refractivity contribution < 1.29 is 14.3 Å². The van der Waals surface area contributed by atoms with Crippen LogP contribution >= 0.6 is 11.3 Å². The average Bonchev–Trinajstić information content (AvgIpc) is 3.18. The van der Waals surface area contributed by atoms with E-state index in [0.29, 0.717) is 17.3 Å². The molecule has 1 aliphatic carbocycles. The second-order valence-electron chi connectivity index (χ2n) is 7.11. The molecule has 2 aromatic carbocycles. The van der Waals surface area contributed by atoms with Crippen molar-refractivity contribution in [2.24, 2.45) is 0 Å². The number of nitrogens with two attached hydrogens (primary N) is 1. The van der Waals surface area contributed by atoms with Crippen LogP contribution in [-0.4, -0.2) is 17.7 Å². The monoisotopic (exact) mass is 393 g/mol. The lowest BCUT2D eigenvalue weighted by molar-refractivity contribution is -0.118. The second-order valence-corrected chi connectivity index (χ2v) is 8.23. The maximum atomic E-state index is 13.0. The Labute approximate surface area is 166 Å². The van der Waals surface area contributed by atoms with Crippen LogP contribution in [0.2, 0.25) is 0 Å². The number of fused-ring (bicyclic) bond motifs is 1. The van der Waals surface area contributed by atoms with Gasteiger partial charge in [0, 0.05) is 23.2 Å². The van der Waals surface area contributed by atoms with Crippen molar-refractivity contribution in [3.8, 4) is 11.5 Å². The molecule has 6 nitrogen and oxygen atoms in total. The van der Waals surface area contributed by atoms with E-state index < -0.39 is 5.41 Å². The highest BCUT2D eigenvalue weighted by molar-refractivity contribution is 7.15. The molecule has 0 bridgehead atoms. The Kier molecular flexibility index (Phi) is 3.98. The molecule has 142 valence electrons.